The topological polar surface area (TPSA) is 20.3 Å². The Bertz CT molecular complexity index is 1020. The molecule has 0 aliphatic carbocycles. The zero-order valence-electron chi connectivity index (χ0n) is 15.1. The van der Waals surface area contributed by atoms with Gasteiger partial charge in [0.25, 0.3) is 5.91 Å². The van der Waals surface area contributed by atoms with Crippen LogP contribution in [-0.2, 0) is 13.0 Å². The van der Waals surface area contributed by atoms with Crippen LogP contribution in [0.5, 0.6) is 0 Å². The quantitative estimate of drug-likeness (QED) is 0.369. The van der Waals surface area contributed by atoms with Crippen LogP contribution < -0.4 is 0 Å². The van der Waals surface area contributed by atoms with Crippen LogP contribution in [0, 0.1) is 5.82 Å². The molecule has 150 valence electrons. The van der Waals surface area contributed by atoms with E-state index in [1.807, 2.05) is 6.07 Å². The van der Waals surface area contributed by atoms with E-state index in [2.05, 4.69) is 0 Å². The third-order valence-electron chi connectivity index (χ3n) is 4.41. The van der Waals surface area contributed by atoms with Gasteiger partial charge >= 0.3 is 0 Å². The van der Waals surface area contributed by atoms with Crippen LogP contribution in [0.15, 0.2) is 60.7 Å². The Balaban J connectivity index is 1.84. The highest BCUT2D eigenvalue weighted by atomic mass is 35.5. The second-order valence-electron chi connectivity index (χ2n) is 6.47. The summed E-state index contributed by atoms with van der Waals surface area (Å²) in [6.07, 6.45) is 0.532. The van der Waals surface area contributed by atoms with E-state index < -0.39 is 0 Å². The van der Waals surface area contributed by atoms with Gasteiger partial charge in [0.2, 0.25) is 0 Å². The van der Waals surface area contributed by atoms with Gasteiger partial charge in [0.1, 0.15) is 5.82 Å². The van der Waals surface area contributed by atoms with Crippen LogP contribution in [0.3, 0.4) is 0 Å². The van der Waals surface area contributed by atoms with Gasteiger partial charge in [-0.1, -0.05) is 64.6 Å². The van der Waals surface area contributed by atoms with Crippen LogP contribution in [0.4, 0.5) is 4.39 Å². The first kappa shape index (κ1) is 21.9. The summed E-state index contributed by atoms with van der Waals surface area (Å²) < 4.78 is 13.2. The van der Waals surface area contributed by atoms with Crippen molar-refractivity contribution in [1.82, 2.24) is 4.90 Å². The van der Waals surface area contributed by atoms with Gasteiger partial charge in [0.05, 0.1) is 10.0 Å². The third-order valence-corrected chi connectivity index (χ3v) is 5.73. The Morgan fingerprint density at radius 3 is 2.21 bits per heavy atom. The van der Waals surface area contributed by atoms with E-state index in [-0.39, 0.29) is 11.7 Å². The smallest absolute Gasteiger partial charge is 0.254 e. The lowest BCUT2D eigenvalue weighted by Crippen LogP contribution is -2.32. The Labute approximate surface area is 188 Å². The van der Waals surface area contributed by atoms with Gasteiger partial charge in [-0.3, -0.25) is 4.79 Å². The molecule has 0 aliphatic rings. The summed E-state index contributed by atoms with van der Waals surface area (Å²) in [6, 6.07) is 16.1. The molecule has 29 heavy (non-hydrogen) atoms. The van der Waals surface area contributed by atoms with Crippen molar-refractivity contribution < 1.29 is 9.18 Å². The first-order valence-corrected chi connectivity index (χ1v) is 10.3. The summed E-state index contributed by atoms with van der Waals surface area (Å²) in [4.78, 5) is 14.8. The van der Waals surface area contributed by atoms with Crippen molar-refractivity contribution in [3.63, 3.8) is 0 Å². The number of amides is 1. The van der Waals surface area contributed by atoms with Gasteiger partial charge in [0, 0.05) is 28.7 Å². The number of hydrogen-bond donors (Lipinski definition) is 0. The molecule has 1 amide bonds. The Kier molecular flexibility index (Phi) is 7.42. The molecule has 0 heterocycles. The van der Waals surface area contributed by atoms with Gasteiger partial charge in [0.15, 0.2) is 0 Å². The van der Waals surface area contributed by atoms with E-state index in [1.165, 1.54) is 12.1 Å². The minimum Gasteiger partial charge on any atom is -0.334 e. The fraction of sp³-hybridized carbons (Fsp3) is 0.136. The summed E-state index contributed by atoms with van der Waals surface area (Å²) >= 11 is 24.3. The molecule has 0 saturated heterocycles. The Morgan fingerprint density at radius 2 is 1.55 bits per heavy atom. The number of halogens is 5. The lowest BCUT2D eigenvalue weighted by Gasteiger charge is -2.23. The molecular formula is C22H16Cl4FNO. The molecule has 0 bridgehead atoms. The number of nitrogens with zero attached hydrogens (tertiary/aromatic N) is 1. The van der Waals surface area contributed by atoms with Crippen molar-refractivity contribution >= 4 is 52.3 Å². The van der Waals surface area contributed by atoms with Crippen molar-refractivity contribution in [2.45, 2.75) is 13.0 Å². The lowest BCUT2D eigenvalue weighted by molar-refractivity contribution is 0.0745. The van der Waals surface area contributed by atoms with Crippen LogP contribution in [-0.4, -0.2) is 17.4 Å². The van der Waals surface area contributed by atoms with E-state index in [1.54, 1.807) is 47.4 Å². The van der Waals surface area contributed by atoms with Gasteiger partial charge in [-0.25, -0.2) is 4.39 Å². The predicted molar refractivity (Wildman–Crippen MR) is 118 cm³/mol. The third kappa shape index (κ3) is 5.86. The number of carbonyl (C=O) groups is 1. The molecule has 0 N–H and O–H groups in total. The first-order chi connectivity index (χ1) is 13.8. The Hall–Kier alpha value is -1.78. The zero-order valence-corrected chi connectivity index (χ0v) is 18.2. The SMILES string of the molecule is O=C(c1ccc(Cl)c(Cl)c1)N(CCc1ccc(Cl)cc1Cl)Cc1ccc(F)cc1. The van der Waals surface area contributed by atoms with Crippen LogP contribution >= 0.6 is 46.4 Å². The van der Waals surface area contributed by atoms with E-state index in [9.17, 15) is 9.18 Å². The number of hydrogen-bond acceptors (Lipinski definition) is 1. The highest BCUT2D eigenvalue weighted by Crippen LogP contribution is 2.25. The summed E-state index contributed by atoms with van der Waals surface area (Å²) in [7, 11) is 0. The predicted octanol–water partition coefficient (Wildman–Crippen LogP) is 7.32. The molecular weight excluding hydrogens is 455 g/mol. The molecule has 0 spiro atoms. The van der Waals surface area contributed by atoms with E-state index >= 15 is 0 Å². The maximum atomic E-state index is 13.2. The zero-order chi connectivity index (χ0) is 21.0. The van der Waals surface area contributed by atoms with Gasteiger partial charge < -0.3 is 4.90 Å². The molecule has 3 aromatic rings. The highest BCUT2D eigenvalue weighted by Gasteiger charge is 2.18. The van der Waals surface area contributed by atoms with Crippen molar-refractivity contribution in [2.75, 3.05) is 6.54 Å². The van der Waals surface area contributed by atoms with E-state index in [4.69, 9.17) is 46.4 Å². The van der Waals surface area contributed by atoms with E-state index in [0.717, 1.165) is 11.1 Å². The summed E-state index contributed by atoms with van der Waals surface area (Å²) in [5.74, 6) is -0.540. The van der Waals surface area contributed by atoms with Crippen molar-refractivity contribution in [2.24, 2.45) is 0 Å². The minimum absolute atomic E-state index is 0.210. The molecule has 0 atom stereocenters. The largest absolute Gasteiger partial charge is 0.334 e. The van der Waals surface area contributed by atoms with E-state index in [0.29, 0.717) is 45.2 Å². The van der Waals surface area contributed by atoms with Crippen LogP contribution in [0.25, 0.3) is 0 Å². The van der Waals surface area contributed by atoms with Crippen LogP contribution in [0.1, 0.15) is 21.5 Å². The van der Waals surface area contributed by atoms with Gasteiger partial charge in [-0.2, -0.15) is 0 Å². The number of rotatable bonds is 6. The molecule has 0 fully saturated rings. The summed E-state index contributed by atoms with van der Waals surface area (Å²) in [5.41, 5.74) is 2.10. The van der Waals surface area contributed by atoms with Crippen molar-refractivity contribution in [3.05, 3.63) is 103 Å². The van der Waals surface area contributed by atoms with Crippen molar-refractivity contribution in [3.8, 4) is 0 Å². The fourth-order valence-corrected chi connectivity index (χ4v) is 3.66. The second-order valence-corrected chi connectivity index (χ2v) is 8.13. The molecule has 0 saturated carbocycles. The summed E-state index contributed by atoms with van der Waals surface area (Å²) in [5, 5.41) is 1.77. The Morgan fingerprint density at radius 1 is 0.828 bits per heavy atom. The minimum atomic E-state index is -0.330. The molecule has 7 heteroatoms. The standard InChI is InChI=1S/C22H16Cl4FNO/c23-17-5-3-15(20(25)12-17)9-10-28(13-14-1-6-18(27)7-2-14)22(29)16-4-8-19(24)21(26)11-16/h1-8,11-12H,9-10,13H2. The molecule has 3 aromatic carbocycles. The molecule has 0 aliphatic heterocycles. The van der Waals surface area contributed by atoms with Crippen LogP contribution in [0.2, 0.25) is 20.1 Å². The highest BCUT2D eigenvalue weighted by molar-refractivity contribution is 6.42. The number of benzene rings is 3. The maximum Gasteiger partial charge on any atom is 0.254 e. The first-order valence-electron chi connectivity index (χ1n) is 8.76. The fourth-order valence-electron chi connectivity index (χ4n) is 2.85. The average molecular weight is 471 g/mol. The summed E-state index contributed by atoms with van der Waals surface area (Å²) in [6.45, 7) is 0.711. The monoisotopic (exact) mass is 469 g/mol. The second kappa shape index (κ2) is 9.82. The molecule has 2 nitrogen and oxygen atoms in total. The maximum absolute atomic E-state index is 13.2. The normalized spacial score (nSPS) is 10.8. The van der Waals surface area contributed by atoms with Crippen molar-refractivity contribution in [1.29, 1.82) is 0 Å². The number of carbonyl (C=O) groups excluding carboxylic acids is 1. The average Bonchev–Trinajstić information content (AvgIpc) is 2.69. The molecule has 3 rings (SSSR count). The molecule has 0 unspecified atom stereocenters. The van der Waals surface area contributed by atoms with Gasteiger partial charge in [-0.05, 0) is 60.0 Å². The van der Waals surface area contributed by atoms with Gasteiger partial charge in [-0.15, -0.1) is 0 Å². The molecule has 0 aromatic heterocycles. The lowest BCUT2D eigenvalue weighted by atomic mass is 10.1. The molecule has 0 radical (unpaired) electrons.